The molecule has 0 saturated heterocycles. The Labute approximate surface area is 101 Å². The molecule has 0 unspecified atom stereocenters. The second-order valence-electron chi connectivity index (χ2n) is 3.74. The monoisotopic (exact) mass is 256 g/mol. The highest BCUT2D eigenvalue weighted by molar-refractivity contribution is 5.36. The lowest BCUT2D eigenvalue weighted by Crippen LogP contribution is -2.10. The van der Waals surface area contributed by atoms with Gasteiger partial charge in [-0.05, 0) is 18.2 Å². The van der Waals surface area contributed by atoms with Gasteiger partial charge in [0.2, 0.25) is 0 Å². The summed E-state index contributed by atoms with van der Waals surface area (Å²) in [6.45, 7) is 0.329. The Morgan fingerprint density at radius 3 is 2.67 bits per heavy atom. The molecule has 2 rings (SSSR count). The lowest BCUT2D eigenvalue weighted by Gasteiger charge is -2.08. The third-order valence-corrected chi connectivity index (χ3v) is 2.26. The van der Waals surface area contributed by atoms with Crippen LogP contribution in [0.5, 0.6) is 0 Å². The number of pyridine rings is 1. The highest BCUT2D eigenvalue weighted by Gasteiger charge is 2.32. The summed E-state index contributed by atoms with van der Waals surface area (Å²) in [6.07, 6.45) is -2.67. The van der Waals surface area contributed by atoms with Crippen LogP contribution in [0.25, 0.3) is 0 Å². The zero-order chi connectivity index (χ0) is 13.2. The minimum absolute atomic E-state index is 0.176. The first-order valence-electron chi connectivity index (χ1n) is 5.22. The Kier molecular flexibility index (Phi) is 3.22. The molecule has 0 spiro atoms. The van der Waals surface area contributed by atoms with Crippen LogP contribution in [-0.4, -0.2) is 14.8 Å². The summed E-state index contributed by atoms with van der Waals surface area (Å²) in [5.41, 5.74) is -0.176. The van der Waals surface area contributed by atoms with E-state index in [1.807, 2.05) is 0 Å². The fourth-order valence-electron chi connectivity index (χ4n) is 1.43. The van der Waals surface area contributed by atoms with Gasteiger partial charge in [-0.2, -0.15) is 18.3 Å². The van der Waals surface area contributed by atoms with Crippen LogP contribution >= 0.6 is 0 Å². The molecule has 0 amide bonds. The normalized spacial score (nSPS) is 11.6. The van der Waals surface area contributed by atoms with Crippen molar-refractivity contribution in [3.8, 4) is 0 Å². The summed E-state index contributed by atoms with van der Waals surface area (Å²) in [5, 5.41) is 6.90. The summed E-state index contributed by atoms with van der Waals surface area (Å²) in [4.78, 5) is 3.50. The zero-order valence-electron chi connectivity index (χ0n) is 9.57. The standard InChI is InChI=1S/C11H11F3N4/c1-18-6-5-8(17-18)7-15-10-4-2-3-9(16-10)11(12,13)14/h2-6H,7H2,1H3,(H,15,16). The van der Waals surface area contributed by atoms with Gasteiger partial charge in [0.25, 0.3) is 0 Å². The first kappa shape index (κ1) is 12.4. The topological polar surface area (TPSA) is 42.7 Å². The fourth-order valence-corrected chi connectivity index (χ4v) is 1.43. The lowest BCUT2D eigenvalue weighted by molar-refractivity contribution is -0.141. The predicted octanol–water partition coefficient (Wildman–Crippen LogP) is 2.45. The second-order valence-corrected chi connectivity index (χ2v) is 3.74. The van der Waals surface area contributed by atoms with Crippen molar-refractivity contribution in [3.63, 3.8) is 0 Å². The molecular formula is C11H11F3N4. The van der Waals surface area contributed by atoms with Gasteiger partial charge in [-0.25, -0.2) is 4.98 Å². The summed E-state index contributed by atoms with van der Waals surface area (Å²) in [6, 6.07) is 5.52. The van der Waals surface area contributed by atoms with Crippen molar-refractivity contribution in [2.24, 2.45) is 7.05 Å². The van der Waals surface area contributed by atoms with Crippen molar-refractivity contribution >= 4 is 5.82 Å². The highest BCUT2D eigenvalue weighted by Crippen LogP contribution is 2.28. The molecule has 2 aromatic rings. The summed E-state index contributed by atoms with van der Waals surface area (Å²) >= 11 is 0. The maximum atomic E-state index is 12.4. The van der Waals surface area contributed by atoms with Crippen LogP contribution in [0.2, 0.25) is 0 Å². The number of nitrogens with zero attached hydrogens (tertiary/aromatic N) is 3. The molecule has 0 saturated carbocycles. The molecule has 0 aliphatic carbocycles. The average molecular weight is 256 g/mol. The number of rotatable bonds is 3. The Hall–Kier alpha value is -2.05. The molecular weight excluding hydrogens is 245 g/mol. The molecule has 4 nitrogen and oxygen atoms in total. The minimum atomic E-state index is -4.43. The molecule has 0 aliphatic heterocycles. The van der Waals surface area contributed by atoms with Gasteiger partial charge in [0.1, 0.15) is 11.5 Å². The van der Waals surface area contributed by atoms with Gasteiger partial charge in [-0.1, -0.05) is 6.07 Å². The molecule has 1 N–H and O–H groups in total. The van der Waals surface area contributed by atoms with Crippen LogP contribution < -0.4 is 5.32 Å². The van der Waals surface area contributed by atoms with E-state index in [0.717, 1.165) is 11.8 Å². The SMILES string of the molecule is Cn1ccc(CNc2cccc(C(F)(F)F)n2)n1. The Bertz CT molecular complexity index is 533. The number of alkyl halides is 3. The van der Waals surface area contributed by atoms with Crippen LogP contribution in [0.15, 0.2) is 30.5 Å². The van der Waals surface area contributed by atoms with Crippen molar-refractivity contribution < 1.29 is 13.2 Å². The van der Waals surface area contributed by atoms with Gasteiger partial charge in [-0.15, -0.1) is 0 Å². The molecule has 2 heterocycles. The van der Waals surface area contributed by atoms with Crippen molar-refractivity contribution in [3.05, 3.63) is 41.9 Å². The summed E-state index contributed by atoms with van der Waals surface area (Å²) in [5.74, 6) is 0.176. The number of hydrogen-bond acceptors (Lipinski definition) is 3. The smallest absolute Gasteiger partial charge is 0.364 e. The minimum Gasteiger partial charge on any atom is -0.364 e. The van der Waals surface area contributed by atoms with E-state index in [9.17, 15) is 13.2 Å². The van der Waals surface area contributed by atoms with Crippen molar-refractivity contribution in [1.29, 1.82) is 0 Å². The van der Waals surface area contributed by atoms with E-state index in [2.05, 4.69) is 15.4 Å². The molecule has 0 radical (unpaired) electrons. The first-order chi connectivity index (χ1) is 8.45. The predicted molar refractivity (Wildman–Crippen MR) is 59.8 cm³/mol. The van der Waals surface area contributed by atoms with Crippen molar-refractivity contribution in [2.75, 3.05) is 5.32 Å². The second kappa shape index (κ2) is 4.67. The van der Waals surface area contributed by atoms with Gasteiger partial charge in [-0.3, -0.25) is 4.68 Å². The third-order valence-electron chi connectivity index (χ3n) is 2.26. The molecule has 96 valence electrons. The van der Waals surface area contributed by atoms with E-state index < -0.39 is 11.9 Å². The average Bonchev–Trinajstić information content (AvgIpc) is 2.72. The molecule has 0 aliphatic rings. The number of anilines is 1. The Morgan fingerprint density at radius 1 is 1.28 bits per heavy atom. The van der Waals surface area contributed by atoms with Gasteiger partial charge < -0.3 is 5.32 Å². The van der Waals surface area contributed by atoms with E-state index in [4.69, 9.17) is 0 Å². The molecule has 7 heteroatoms. The lowest BCUT2D eigenvalue weighted by atomic mass is 10.3. The van der Waals surface area contributed by atoms with Crippen LogP contribution in [0, 0.1) is 0 Å². The van der Waals surface area contributed by atoms with Crippen LogP contribution in [0.4, 0.5) is 19.0 Å². The maximum absolute atomic E-state index is 12.4. The number of aryl methyl sites for hydroxylation is 1. The van der Waals surface area contributed by atoms with E-state index >= 15 is 0 Å². The molecule has 2 aromatic heterocycles. The van der Waals surface area contributed by atoms with E-state index in [-0.39, 0.29) is 5.82 Å². The van der Waals surface area contributed by atoms with E-state index in [1.165, 1.54) is 12.1 Å². The first-order valence-corrected chi connectivity index (χ1v) is 5.22. The number of aromatic nitrogens is 3. The Morgan fingerprint density at radius 2 is 2.06 bits per heavy atom. The third kappa shape index (κ3) is 2.99. The summed E-state index contributed by atoms with van der Waals surface area (Å²) in [7, 11) is 1.77. The highest BCUT2D eigenvalue weighted by atomic mass is 19.4. The fraction of sp³-hybridized carbons (Fsp3) is 0.273. The Balaban J connectivity index is 2.06. The zero-order valence-corrected chi connectivity index (χ0v) is 9.57. The van der Waals surface area contributed by atoms with Crippen LogP contribution in [0.3, 0.4) is 0 Å². The van der Waals surface area contributed by atoms with Crippen LogP contribution in [-0.2, 0) is 19.8 Å². The number of nitrogens with one attached hydrogen (secondary N) is 1. The quantitative estimate of drug-likeness (QED) is 0.917. The largest absolute Gasteiger partial charge is 0.433 e. The van der Waals surface area contributed by atoms with Gasteiger partial charge in [0, 0.05) is 13.2 Å². The molecule has 18 heavy (non-hydrogen) atoms. The number of halogens is 3. The van der Waals surface area contributed by atoms with Crippen LogP contribution in [0.1, 0.15) is 11.4 Å². The molecule has 0 fully saturated rings. The van der Waals surface area contributed by atoms with Gasteiger partial charge in [0.15, 0.2) is 0 Å². The van der Waals surface area contributed by atoms with E-state index in [1.54, 1.807) is 24.0 Å². The molecule has 0 atom stereocenters. The van der Waals surface area contributed by atoms with Gasteiger partial charge in [0.05, 0.1) is 12.2 Å². The van der Waals surface area contributed by atoms with Crippen molar-refractivity contribution in [1.82, 2.24) is 14.8 Å². The van der Waals surface area contributed by atoms with Gasteiger partial charge >= 0.3 is 6.18 Å². The van der Waals surface area contributed by atoms with Crippen molar-refractivity contribution in [2.45, 2.75) is 12.7 Å². The molecule has 0 aromatic carbocycles. The molecule has 0 bridgehead atoms. The van der Waals surface area contributed by atoms with E-state index in [0.29, 0.717) is 6.54 Å². The summed E-state index contributed by atoms with van der Waals surface area (Å²) < 4.78 is 38.9. The number of hydrogen-bond donors (Lipinski definition) is 1. The maximum Gasteiger partial charge on any atom is 0.433 e.